The summed E-state index contributed by atoms with van der Waals surface area (Å²) in [5.41, 5.74) is -0.116. The molecule has 130 valence electrons. The van der Waals surface area contributed by atoms with Gasteiger partial charge >= 0.3 is 6.18 Å². The molecule has 1 amide bonds. The summed E-state index contributed by atoms with van der Waals surface area (Å²) in [4.78, 5) is 12.1. The number of nitrogens with one attached hydrogen (secondary N) is 1. The molecular weight excluding hydrogens is 343 g/mol. The Morgan fingerprint density at radius 1 is 1.33 bits per heavy atom. The summed E-state index contributed by atoms with van der Waals surface area (Å²) in [5.74, 6) is -0.617. The molecule has 0 fully saturated rings. The van der Waals surface area contributed by atoms with Crippen LogP contribution in [0.1, 0.15) is 27.6 Å². The van der Waals surface area contributed by atoms with Crippen LogP contribution in [-0.2, 0) is 10.9 Å². The van der Waals surface area contributed by atoms with Crippen LogP contribution in [0.4, 0.5) is 13.2 Å². The molecule has 1 atom stereocenters. The lowest BCUT2D eigenvalue weighted by Crippen LogP contribution is -2.30. The largest absolute Gasteiger partial charge is 0.416 e. The third kappa shape index (κ3) is 5.05. The second kappa shape index (κ2) is 8.27. The zero-order valence-electron chi connectivity index (χ0n) is 12.5. The number of halogens is 3. The maximum absolute atomic E-state index is 12.7. The average molecular weight is 359 g/mol. The number of amides is 1. The Balaban J connectivity index is 2.03. The molecule has 2 N–H and O–H groups in total. The number of alkyl halides is 3. The van der Waals surface area contributed by atoms with E-state index in [2.05, 4.69) is 5.32 Å². The second-order valence-electron chi connectivity index (χ2n) is 4.93. The van der Waals surface area contributed by atoms with Crippen molar-refractivity contribution in [3.8, 4) is 0 Å². The molecule has 4 nitrogen and oxygen atoms in total. The number of rotatable bonds is 7. The van der Waals surface area contributed by atoms with E-state index in [4.69, 9.17) is 9.84 Å². The van der Waals surface area contributed by atoms with Gasteiger partial charge in [0, 0.05) is 12.1 Å². The van der Waals surface area contributed by atoms with E-state index in [-0.39, 0.29) is 25.3 Å². The topological polar surface area (TPSA) is 58.6 Å². The molecule has 0 aliphatic heterocycles. The molecule has 1 heterocycles. The molecule has 0 bridgehead atoms. The van der Waals surface area contributed by atoms with E-state index >= 15 is 0 Å². The predicted octanol–water partition coefficient (Wildman–Crippen LogP) is 3.25. The number of thiophene rings is 1. The third-order valence-electron chi connectivity index (χ3n) is 3.23. The van der Waals surface area contributed by atoms with Crippen molar-refractivity contribution in [3.05, 3.63) is 57.8 Å². The molecule has 0 saturated carbocycles. The zero-order valence-corrected chi connectivity index (χ0v) is 13.4. The number of ether oxygens (including phenoxy) is 1. The Hall–Kier alpha value is -1.90. The quantitative estimate of drug-likeness (QED) is 0.798. The van der Waals surface area contributed by atoms with Crippen LogP contribution in [0.3, 0.4) is 0 Å². The first-order valence-corrected chi connectivity index (χ1v) is 8.06. The van der Waals surface area contributed by atoms with Crippen molar-refractivity contribution in [1.82, 2.24) is 5.32 Å². The molecule has 0 aliphatic carbocycles. The molecule has 2 aromatic rings. The van der Waals surface area contributed by atoms with Gasteiger partial charge < -0.3 is 15.2 Å². The monoisotopic (exact) mass is 359 g/mol. The summed E-state index contributed by atoms with van der Waals surface area (Å²) in [6, 6.07) is 6.05. The van der Waals surface area contributed by atoms with E-state index in [0.717, 1.165) is 17.7 Å². The second-order valence-corrected chi connectivity index (χ2v) is 5.71. The fraction of sp³-hybridized carbons (Fsp3) is 0.312. The molecule has 24 heavy (non-hydrogen) atoms. The Labute approximate surface area is 140 Å². The van der Waals surface area contributed by atoms with Crippen molar-refractivity contribution in [2.24, 2.45) is 0 Å². The highest BCUT2D eigenvalue weighted by Crippen LogP contribution is 2.29. The number of carbonyl (C=O) groups is 1. The molecule has 2 rings (SSSR count). The lowest BCUT2D eigenvalue weighted by atomic mass is 10.1. The third-order valence-corrected chi connectivity index (χ3v) is 3.93. The highest BCUT2D eigenvalue weighted by molar-refractivity contribution is 7.07. The van der Waals surface area contributed by atoms with E-state index in [1.807, 2.05) is 16.8 Å². The Morgan fingerprint density at radius 2 is 2.12 bits per heavy atom. The SMILES string of the molecule is O=C(NCC(OCCO)c1ccsc1)c1cccc(C(F)(F)F)c1. The average Bonchev–Trinajstić information content (AvgIpc) is 3.08. The van der Waals surface area contributed by atoms with Gasteiger partial charge in [0.25, 0.3) is 5.91 Å². The lowest BCUT2D eigenvalue weighted by Gasteiger charge is -2.17. The predicted molar refractivity (Wildman–Crippen MR) is 83.9 cm³/mol. The van der Waals surface area contributed by atoms with E-state index < -0.39 is 23.8 Å². The van der Waals surface area contributed by atoms with E-state index in [1.165, 1.54) is 23.5 Å². The number of hydrogen-bond acceptors (Lipinski definition) is 4. The minimum atomic E-state index is -4.50. The highest BCUT2D eigenvalue weighted by Gasteiger charge is 2.30. The van der Waals surface area contributed by atoms with Gasteiger partial charge in [-0.05, 0) is 40.6 Å². The van der Waals surface area contributed by atoms with Gasteiger partial charge in [0.15, 0.2) is 0 Å². The van der Waals surface area contributed by atoms with Gasteiger partial charge in [-0.15, -0.1) is 0 Å². The molecular formula is C16H16F3NO3S. The smallest absolute Gasteiger partial charge is 0.394 e. The van der Waals surface area contributed by atoms with Crippen LogP contribution < -0.4 is 5.32 Å². The summed E-state index contributed by atoms with van der Waals surface area (Å²) in [6.07, 6.45) is -4.97. The van der Waals surface area contributed by atoms with Crippen LogP contribution in [0.25, 0.3) is 0 Å². The van der Waals surface area contributed by atoms with Gasteiger partial charge in [0.05, 0.1) is 18.8 Å². The number of hydrogen-bond donors (Lipinski definition) is 2. The van der Waals surface area contributed by atoms with Crippen LogP contribution in [-0.4, -0.2) is 30.8 Å². The fourth-order valence-corrected chi connectivity index (χ4v) is 2.75. The molecule has 0 radical (unpaired) electrons. The van der Waals surface area contributed by atoms with Gasteiger partial charge in [-0.2, -0.15) is 24.5 Å². The molecule has 0 saturated heterocycles. The van der Waals surface area contributed by atoms with E-state index in [0.29, 0.717) is 0 Å². The Morgan fingerprint density at radius 3 is 2.75 bits per heavy atom. The standard InChI is InChI=1S/C16H16F3NO3S/c17-16(18,19)13-3-1-2-11(8-13)15(22)20-9-14(23-6-5-21)12-4-7-24-10-12/h1-4,7-8,10,14,21H,5-6,9H2,(H,20,22). The molecule has 0 spiro atoms. The molecule has 1 aromatic heterocycles. The van der Waals surface area contributed by atoms with Crippen LogP contribution in [0.5, 0.6) is 0 Å². The van der Waals surface area contributed by atoms with Crippen LogP contribution >= 0.6 is 11.3 Å². The summed E-state index contributed by atoms with van der Waals surface area (Å²) >= 11 is 1.46. The number of aliphatic hydroxyl groups is 1. The van der Waals surface area contributed by atoms with Gasteiger partial charge in [-0.1, -0.05) is 6.07 Å². The van der Waals surface area contributed by atoms with Crippen LogP contribution in [0.2, 0.25) is 0 Å². The normalized spacial score (nSPS) is 12.8. The number of carbonyl (C=O) groups excluding carboxylic acids is 1. The maximum Gasteiger partial charge on any atom is 0.416 e. The van der Waals surface area contributed by atoms with Gasteiger partial charge in [-0.3, -0.25) is 4.79 Å². The van der Waals surface area contributed by atoms with Crippen LogP contribution in [0.15, 0.2) is 41.1 Å². The highest BCUT2D eigenvalue weighted by atomic mass is 32.1. The molecule has 1 unspecified atom stereocenters. The molecule has 1 aromatic carbocycles. The van der Waals surface area contributed by atoms with Gasteiger partial charge in [-0.25, -0.2) is 0 Å². The number of aliphatic hydroxyl groups excluding tert-OH is 1. The van der Waals surface area contributed by atoms with Crippen LogP contribution in [0, 0.1) is 0 Å². The summed E-state index contributed by atoms with van der Waals surface area (Å²) in [6.45, 7) is 0.0218. The lowest BCUT2D eigenvalue weighted by molar-refractivity contribution is -0.137. The number of benzene rings is 1. The first-order valence-electron chi connectivity index (χ1n) is 7.12. The van der Waals surface area contributed by atoms with Crippen molar-refractivity contribution in [1.29, 1.82) is 0 Å². The Bertz CT molecular complexity index is 659. The minimum absolute atomic E-state index is 0.0731. The van der Waals surface area contributed by atoms with Gasteiger partial charge in [0.1, 0.15) is 6.10 Å². The van der Waals surface area contributed by atoms with Gasteiger partial charge in [0.2, 0.25) is 0 Å². The van der Waals surface area contributed by atoms with Crippen molar-refractivity contribution in [2.45, 2.75) is 12.3 Å². The summed E-state index contributed by atoms with van der Waals surface area (Å²) in [7, 11) is 0. The first kappa shape index (κ1) is 18.4. The van der Waals surface area contributed by atoms with Crippen molar-refractivity contribution >= 4 is 17.2 Å². The first-order chi connectivity index (χ1) is 11.4. The van der Waals surface area contributed by atoms with E-state index in [9.17, 15) is 18.0 Å². The maximum atomic E-state index is 12.7. The van der Waals surface area contributed by atoms with Crippen molar-refractivity contribution in [3.63, 3.8) is 0 Å². The summed E-state index contributed by atoms with van der Waals surface area (Å²) in [5, 5.41) is 15.1. The Kier molecular flexibility index (Phi) is 6.36. The van der Waals surface area contributed by atoms with E-state index in [1.54, 1.807) is 0 Å². The minimum Gasteiger partial charge on any atom is -0.394 e. The fourth-order valence-electron chi connectivity index (χ4n) is 2.05. The van der Waals surface area contributed by atoms with Crippen molar-refractivity contribution in [2.75, 3.05) is 19.8 Å². The summed E-state index contributed by atoms with van der Waals surface area (Å²) < 4.78 is 43.6. The molecule has 8 heteroatoms. The zero-order chi connectivity index (χ0) is 17.6. The molecule has 0 aliphatic rings. The van der Waals surface area contributed by atoms with Crippen molar-refractivity contribution < 1.29 is 27.8 Å².